The van der Waals surface area contributed by atoms with Crippen LogP contribution in [0.3, 0.4) is 0 Å². The summed E-state index contributed by atoms with van der Waals surface area (Å²) in [7, 11) is 1.64. The maximum Gasteiger partial charge on any atom is 0.236 e. The Morgan fingerprint density at radius 3 is 2.67 bits per heavy atom. The highest BCUT2D eigenvalue weighted by molar-refractivity contribution is 7.20. The van der Waals surface area contributed by atoms with Crippen LogP contribution in [0.5, 0.6) is 5.75 Å². The molecular weight excluding hydrogens is 322 g/mol. The van der Waals surface area contributed by atoms with E-state index in [1.54, 1.807) is 11.6 Å². The summed E-state index contributed by atoms with van der Waals surface area (Å²) in [5.74, 6) is 1.41. The van der Waals surface area contributed by atoms with Gasteiger partial charge in [0.25, 0.3) is 0 Å². The second-order valence-electron chi connectivity index (χ2n) is 5.27. The van der Waals surface area contributed by atoms with Gasteiger partial charge in [0.15, 0.2) is 5.82 Å². The third-order valence-corrected chi connectivity index (χ3v) is 4.54. The van der Waals surface area contributed by atoms with Crippen LogP contribution in [0.1, 0.15) is 5.56 Å². The van der Waals surface area contributed by atoms with Crippen LogP contribution in [0.25, 0.3) is 16.3 Å². The minimum absolute atomic E-state index is 0.663. The molecule has 7 heteroatoms. The summed E-state index contributed by atoms with van der Waals surface area (Å²) >= 11 is 1.46. The van der Waals surface area contributed by atoms with E-state index < -0.39 is 0 Å². The van der Waals surface area contributed by atoms with Crippen molar-refractivity contribution in [2.75, 3.05) is 12.4 Å². The summed E-state index contributed by atoms with van der Waals surface area (Å²) < 4.78 is 7.15. The molecule has 0 aliphatic heterocycles. The predicted molar refractivity (Wildman–Crippen MR) is 95.1 cm³/mol. The molecule has 0 spiro atoms. The Balaban J connectivity index is 1.75. The summed E-state index contributed by atoms with van der Waals surface area (Å²) in [5.41, 5.74) is 3.05. The Hall–Kier alpha value is -2.93. The highest BCUT2D eigenvalue weighted by Crippen LogP contribution is 2.31. The van der Waals surface area contributed by atoms with Crippen molar-refractivity contribution in [1.82, 2.24) is 19.8 Å². The lowest BCUT2D eigenvalue weighted by Gasteiger charge is -2.06. The number of nitrogens with one attached hydrogen (secondary N) is 1. The zero-order valence-electron chi connectivity index (χ0n) is 13.2. The van der Waals surface area contributed by atoms with Gasteiger partial charge in [0.2, 0.25) is 10.1 Å². The highest BCUT2D eigenvalue weighted by Gasteiger charge is 2.16. The van der Waals surface area contributed by atoms with Gasteiger partial charge in [-0.15, -0.1) is 15.3 Å². The zero-order chi connectivity index (χ0) is 16.5. The minimum Gasteiger partial charge on any atom is -0.496 e. The Bertz CT molecular complexity index is 1010. The topological polar surface area (TPSA) is 64.3 Å². The lowest BCUT2D eigenvalue weighted by molar-refractivity contribution is 0.416. The number of aryl methyl sites for hydroxylation is 1. The van der Waals surface area contributed by atoms with E-state index in [0.717, 1.165) is 32.7 Å². The van der Waals surface area contributed by atoms with E-state index >= 15 is 0 Å². The Morgan fingerprint density at radius 2 is 1.83 bits per heavy atom. The van der Waals surface area contributed by atoms with E-state index in [9.17, 15) is 0 Å². The van der Waals surface area contributed by atoms with Crippen molar-refractivity contribution in [1.29, 1.82) is 0 Å². The van der Waals surface area contributed by atoms with Gasteiger partial charge in [0.05, 0.1) is 12.7 Å². The molecule has 2 heterocycles. The monoisotopic (exact) mass is 337 g/mol. The van der Waals surface area contributed by atoms with Gasteiger partial charge in [-0.05, 0) is 30.7 Å². The zero-order valence-corrected chi connectivity index (χ0v) is 14.0. The maximum atomic E-state index is 5.42. The van der Waals surface area contributed by atoms with Crippen LogP contribution in [-0.2, 0) is 0 Å². The standard InChI is InChI=1S/C17H15N5OS/c1-11-7-3-5-9-13(11)18-16-21-22-15(19-20-17(22)24-16)12-8-4-6-10-14(12)23-2/h3-10H,1-2H3,(H,18,21). The van der Waals surface area contributed by atoms with Crippen LogP contribution < -0.4 is 10.1 Å². The molecule has 4 rings (SSSR count). The largest absolute Gasteiger partial charge is 0.496 e. The fourth-order valence-corrected chi connectivity index (χ4v) is 3.24. The number of rotatable bonds is 4. The fourth-order valence-electron chi connectivity index (χ4n) is 2.49. The second-order valence-corrected chi connectivity index (χ2v) is 6.22. The van der Waals surface area contributed by atoms with Crippen LogP contribution in [0.4, 0.5) is 10.8 Å². The van der Waals surface area contributed by atoms with Gasteiger partial charge >= 0.3 is 0 Å². The molecule has 0 radical (unpaired) electrons. The molecule has 24 heavy (non-hydrogen) atoms. The summed E-state index contributed by atoms with van der Waals surface area (Å²) in [6.45, 7) is 2.06. The van der Waals surface area contributed by atoms with Crippen LogP contribution in [0, 0.1) is 6.92 Å². The number of fused-ring (bicyclic) bond motifs is 1. The molecule has 0 amide bonds. The maximum absolute atomic E-state index is 5.42. The van der Waals surface area contributed by atoms with Gasteiger partial charge in [-0.1, -0.05) is 41.7 Å². The number of methoxy groups -OCH3 is 1. The second kappa shape index (κ2) is 5.93. The van der Waals surface area contributed by atoms with E-state index in [0.29, 0.717) is 5.82 Å². The fraction of sp³-hybridized carbons (Fsp3) is 0.118. The average molecular weight is 337 g/mol. The molecule has 0 aliphatic rings. The van der Waals surface area contributed by atoms with Crippen molar-refractivity contribution in [3.8, 4) is 17.1 Å². The number of benzene rings is 2. The van der Waals surface area contributed by atoms with Gasteiger partial charge in [0.1, 0.15) is 5.75 Å². The van der Waals surface area contributed by atoms with Gasteiger partial charge in [-0.2, -0.15) is 4.52 Å². The van der Waals surface area contributed by atoms with Crippen LogP contribution in [-0.4, -0.2) is 26.9 Å². The minimum atomic E-state index is 0.663. The molecule has 0 aliphatic carbocycles. The molecule has 0 fully saturated rings. The van der Waals surface area contributed by atoms with Crippen LogP contribution in [0.15, 0.2) is 48.5 Å². The molecule has 2 aromatic carbocycles. The number of para-hydroxylation sites is 2. The Kier molecular flexibility index (Phi) is 3.62. The molecule has 0 atom stereocenters. The summed E-state index contributed by atoms with van der Waals surface area (Å²) in [6.07, 6.45) is 0. The number of anilines is 2. The first-order valence-corrected chi connectivity index (χ1v) is 8.26. The predicted octanol–water partition coefficient (Wildman–Crippen LogP) is 3.91. The van der Waals surface area contributed by atoms with E-state index in [-0.39, 0.29) is 0 Å². The first kappa shape index (κ1) is 14.6. The van der Waals surface area contributed by atoms with E-state index in [1.807, 2.05) is 42.5 Å². The number of hydrogen-bond acceptors (Lipinski definition) is 6. The molecule has 2 aromatic heterocycles. The normalized spacial score (nSPS) is 10.9. The lowest BCUT2D eigenvalue weighted by atomic mass is 10.2. The van der Waals surface area contributed by atoms with E-state index in [2.05, 4.69) is 33.6 Å². The van der Waals surface area contributed by atoms with Gasteiger partial charge < -0.3 is 10.1 Å². The number of hydrogen-bond donors (Lipinski definition) is 1. The van der Waals surface area contributed by atoms with Crippen molar-refractivity contribution in [2.45, 2.75) is 6.92 Å². The molecule has 6 nitrogen and oxygen atoms in total. The quantitative estimate of drug-likeness (QED) is 0.611. The Morgan fingerprint density at radius 1 is 1.04 bits per heavy atom. The summed E-state index contributed by atoms with van der Waals surface area (Å²) in [4.78, 5) is 0.729. The Labute approximate surface area is 142 Å². The van der Waals surface area contributed by atoms with Gasteiger partial charge in [-0.3, -0.25) is 0 Å². The molecule has 120 valence electrons. The van der Waals surface area contributed by atoms with Crippen molar-refractivity contribution in [3.05, 3.63) is 54.1 Å². The molecular formula is C17H15N5OS. The molecule has 0 saturated carbocycles. The molecule has 4 aromatic rings. The first-order chi connectivity index (χ1) is 11.8. The first-order valence-electron chi connectivity index (χ1n) is 7.44. The average Bonchev–Trinajstić information content (AvgIpc) is 3.17. The number of aromatic nitrogens is 4. The molecule has 1 N–H and O–H groups in total. The van der Waals surface area contributed by atoms with E-state index in [4.69, 9.17) is 4.74 Å². The lowest BCUT2D eigenvalue weighted by Crippen LogP contribution is -1.96. The summed E-state index contributed by atoms with van der Waals surface area (Å²) in [6, 6.07) is 15.8. The third-order valence-electron chi connectivity index (χ3n) is 3.73. The van der Waals surface area contributed by atoms with Crippen LogP contribution >= 0.6 is 11.3 Å². The highest BCUT2D eigenvalue weighted by atomic mass is 32.1. The van der Waals surface area contributed by atoms with Crippen molar-refractivity contribution in [2.24, 2.45) is 0 Å². The number of nitrogens with zero attached hydrogens (tertiary/aromatic N) is 4. The SMILES string of the molecule is COc1ccccc1-c1nnc2sc(Nc3ccccc3C)nn12. The van der Waals surface area contributed by atoms with E-state index in [1.165, 1.54) is 11.3 Å². The third kappa shape index (κ3) is 2.48. The van der Waals surface area contributed by atoms with Crippen LogP contribution in [0.2, 0.25) is 0 Å². The van der Waals surface area contributed by atoms with Gasteiger partial charge in [0, 0.05) is 5.69 Å². The molecule has 0 bridgehead atoms. The van der Waals surface area contributed by atoms with Crippen molar-refractivity contribution >= 4 is 27.1 Å². The summed E-state index contributed by atoms with van der Waals surface area (Å²) in [5, 5.41) is 17.2. The number of ether oxygens (including phenoxy) is 1. The van der Waals surface area contributed by atoms with Gasteiger partial charge in [-0.25, -0.2) is 0 Å². The van der Waals surface area contributed by atoms with Crippen molar-refractivity contribution < 1.29 is 4.74 Å². The smallest absolute Gasteiger partial charge is 0.236 e. The van der Waals surface area contributed by atoms with Crippen molar-refractivity contribution in [3.63, 3.8) is 0 Å². The molecule has 0 unspecified atom stereocenters. The molecule has 0 saturated heterocycles.